The van der Waals surface area contributed by atoms with Crippen LogP contribution in [-0.4, -0.2) is 39.1 Å². The summed E-state index contributed by atoms with van der Waals surface area (Å²) in [5.74, 6) is 1.46. The van der Waals surface area contributed by atoms with Crippen molar-refractivity contribution in [3.63, 3.8) is 0 Å². The third-order valence-corrected chi connectivity index (χ3v) is 5.33. The van der Waals surface area contributed by atoms with Gasteiger partial charge < -0.3 is 19.1 Å². The lowest BCUT2D eigenvalue weighted by Gasteiger charge is -2.28. The first kappa shape index (κ1) is 21.9. The molecule has 0 saturated carbocycles. The monoisotopic (exact) mass is 430 g/mol. The Labute approximate surface area is 190 Å². The molecule has 4 rings (SSSR count). The summed E-state index contributed by atoms with van der Waals surface area (Å²) in [6, 6.07) is 22.6. The number of hydrogen-bond acceptors (Lipinski definition) is 5. The van der Waals surface area contributed by atoms with E-state index < -0.39 is 0 Å². The molecule has 5 heteroatoms. The van der Waals surface area contributed by atoms with Crippen LogP contribution < -0.4 is 14.4 Å². The van der Waals surface area contributed by atoms with E-state index in [2.05, 4.69) is 47.1 Å². The Balaban J connectivity index is 1.42. The third kappa shape index (κ3) is 5.89. The fourth-order valence-corrected chi connectivity index (χ4v) is 3.68. The second kappa shape index (κ2) is 10.8. The quantitative estimate of drug-likeness (QED) is 0.439. The number of rotatable bonds is 8. The number of aryl methyl sites for hydroxylation is 1. The van der Waals surface area contributed by atoms with Crippen molar-refractivity contribution < 1.29 is 14.2 Å². The Morgan fingerprint density at radius 2 is 1.75 bits per heavy atom. The molecule has 1 aliphatic heterocycles. The summed E-state index contributed by atoms with van der Waals surface area (Å²) in [5.41, 5.74) is 5.45. The number of nitrogens with zero attached hydrogens (tertiary/aromatic N) is 2. The first-order valence-corrected chi connectivity index (χ1v) is 11.1. The van der Waals surface area contributed by atoms with E-state index in [1.165, 1.54) is 11.3 Å². The molecule has 1 saturated heterocycles. The van der Waals surface area contributed by atoms with Crippen LogP contribution in [0.15, 0.2) is 71.7 Å². The number of benzene rings is 3. The number of aliphatic imine (C=N–C) groups is 1. The third-order valence-electron chi connectivity index (χ3n) is 5.33. The summed E-state index contributed by atoms with van der Waals surface area (Å²) in [4.78, 5) is 6.97. The van der Waals surface area contributed by atoms with Gasteiger partial charge in [0.05, 0.1) is 25.5 Å². The standard InChI is InChI=1S/C27H30N2O3/c1-3-31-27-18-22(7-12-26(27)32-20-23-6-4-5-21(2)17-23)19-28-24-8-10-25(11-9-24)29-13-15-30-16-14-29/h4-12,17-19H,3,13-16,20H2,1-2H3. The van der Waals surface area contributed by atoms with E-state index in [4.69, 9.17) is 14.2 Å². The zero-order valence-electron chi connectivity index (χ0n) is 18.8. The van der Waals surface area contributed by atoms with Gasteiger partial charge in [0, 0.05) is 25.0 Å². The molecule has 0 aliphatic carbocycles. The molecule has 0 atom stereocenters. The van der Waals surface area contributed by atoms with Crippen LogP contribution >= 0.6 is 0 Å². The normalized spacial score (nSPS) is 14.0. The molecule has 166 valence electrons. The van der Waals surface area contributed by atoms with Gasteiger partial charge in [-0.15, -0.1) is 0 Å². The van der Waals surface area contributed by atoms with Gasteiger partial charge in [0.1, 0.15) is 6.61 Å². The van der Waals surface area contributed by atoms with Crippen molar-refractivity contribution >= 4 is 17.6 Å². The Bertz CT molecular complexity index is 1040. The Kier molecular flexibility index (Phi) is 7.41. The van der Waals surface area contributed by atoms with E-state index >= 15 is 0 Å². The highest BCUT2D eigenvalue weighted by Crippen LogP contribution is 2.29. The van der Waals surface area contributed by atoms with Crippen LogP contribution in [0.1, 0.15) is 23.6 Å². The van der Waals surface area contributed by atoms with E-state index in [0.29, 0.717) is 13.2 Å². The average Bonchev–Trinajstić information content (AvgIpc) is 2.83. The van der Waals surface area contributed by atoms with Crippen LogP contribution in [0.3, 0.4) is 0 Å². The van der Waals surface area contributed by atoms with Gasteiger partial charge in [-0.3, -0.25) is 4.99 Å². The van der Waals surface area contributed by atoms with Crippen LogP contribution in [0, 0.1) is 6.92 Å². The van der Waals surface area contributed by atoms with Gasteiger partial charge in [-0.2, -0.15) is 0 Å². The predicted molar refractivity (Wildman–Crippen MR) is 130 cm³/mol. The van der Waals surface area contributed by atoms with Gasteiger partial charge in [-0.25, -0.2) is 0 Å². The summed E-state index contributed by atoms with van der Waals surface area (Å²) in [6.07, 6.45) is 1.86. The maximum Gasteiger partial charge on any atom is 0.161 e. The molecule has 1 heterocycles. The summed E-state index contributed by atoms with van der Waals surface area (Å²) in [7, 11) is 0. The summed E-state index contributed by atoms with van der Waals surface area (Å²) < 4.78 is 17.3. The largest absolute Gasteiger partial charge is 0.490 e. The zero-order valence-corrected chi connectivity index (χ0v) is 18.8. The average molecular weight is 431 g/mol. The van der Waals surface area contributed by atoms with Crippen LogP contribution in [0.4, 0.5) is 11.4 Å². The molecule has 0 amide bonds. The van der Waals surface area contributed by atoms with Crippen LogP contribution in [-0.2, 0) is 11.3 Å². The molecule has 0 spiro atoms. The highest BCUT2D eigenvalue weighted by atomic mass is 16.5. The maximum atomic E-state index is 6.04. The van der Waals surface area contributed by atoms with Crippen molar-refractivity contribution in [3.8, 4) is 11.5 Å². The van der Waals surface area contributed by atoms with Crippen molar-refractivity contribution in [1.82, 2.24) is 0 Å². The minimum Gasteiger partial charge on any atom is -0.490 e. The second-order valence-electron chi connectivity index (χ2n) is 7.79. The molecule has 0 N–H and O–H groups in total. The van der Waals surface area contributed by atoms with Crippen molar-refractivity contribution in [3.05, 3.63) is 83.4 Å². The van der Waals surface area contributed by atoms with E-state index in [0.717, 1.165) is 54.6 Å². The van der Waals surface area contributed by atoms with Gasteiger partial charge in [-0.05, 0) is 67.4 Å². The molecule has 0 bridgehead atoms. The molecular formula is C27H30N2O3. The van der Waals surface area contributed by atoms with Crippen molar-refractivity contribution in [1.29, 1.82) is 0 Å². The SMILES string of the molecule is CCOc1cc(C=Nc2ccc(N3CCOCC3)cc2)ccc1OCc1cccc(C)c1. The molecule has 0 radical (unpaired) electrons. The molecule has 1 fully saturated rings. The van der Waals surface area contributed by atoms with Gasteiger partial charge in [0.25, 0.3) is 0 Å². The second-order valence-corrected chi connectivity index (χ2v) is 7.79. The first-order chi connectivity index (χ1) is 15.7. The first-order valence-electron chi connectivity index (χ1n) is 11.1. The number of morpholine rings is 1. The molecule has 0 unspecified atom stereocenters. The van der Waals surface area contributed by atoms with E-state index in [9.17, 15) is 0 Å². The Hall–Kier alpha value is -3.31. The number of ether oxygens (including phenoxy) is 3. The van der Waals surface area contributed by atoms with E-state index in [-0.39, 0.29) is 0 Å². The molecule has 3 aromatic carbocycles. The summed E-state index contributed by atoms with van der Waals surface area (Å²) in [6.45, 7) is 8.57. The number of hydrogen-bond donors (Lipinski definition) is 0. The van der Waals surface area contributed by atoms with Gasteiger partial charge in [0.2, 0.25) is 0 Å². The molecule has 3 aromatic rings. The minimum absolute atomic E-state index is 0.505. The molecular weight excluding hydrogens is 400 g/mol. The van der Waals surface area contributed by atoms with Crippen LogP contribution in [0.25, 0.3) is 0 Å². The fraction of sp³-hybridized carbons (Fsp3) is 0.296. The highest BCUT2D eigenvalue weighted by molar-refractivity contribution is 5.83. The Morgan fingerprint density at radius 1 is 0.938 bits per heavy atom. The summed E-state index contributed by atoms with van der Waals surface area (Å²) >= 11 is 0. The van der Waals surface area contributed by atoms with Gasteiger partial charge in [-0.1, -0.05) is 29.8 Å². The lowest BCUT2D eigenvalue weighted by atomic mass is 10.1. The topological polar surface area (TPSA) is 43.3 Å². The predicted octanol–water partition coefficient (Wildman–Crippen LogP) is 5.56. The van der Waals surface area contributed by atoms with E-state index in [1.54, 1.807) is 0 Å². The van der Waals surface area contributed by atoms with Crippen LogP contribution in [0.5, 0.6) is 11.5 Å². The lowest BCUT2D eigenvalue weighted by molar-refractivity contribution is 0.122. The smallest absolute Gasteiger partial charge is 0.161 e. The molecule has 1 aliphatic rings. The lowest BCUT2D eigenvalue weighted by Crippen LogP contribution is -2.36. The van der Waals surface area contributed by atoms with Gasteiger partial charge in [0.15, 0.2) is 11.5 Å². The maximum absolute atomic E-state index is 6.04. The molecule has 0 aromatic heterocycles. The molecule has 32 heavy (non-hydrogen) atoms. The van der Waals surface area contributed by atoms with Crippen molar-refractivity contribution in [2.24, 2.45) is 4.99 Å². The minimum atomic E-state index is 0.505. The molecule has 5 nitrogen and oxygen atoms in total. The van der Waals surface area contributed by atoms with Crippen LogP contribution in [0.2, 0.25) is 0 Å². The van der Waals surface area contributed by atoms with E-state index in [1.807, 2.05) is 49.5 Å². The van der Waals surface area contributed by atoms with Gasteiger partial charge >= 0.3 is 0 Å². The zero-order chi connectivity index (χ0) is 22.2. The summed E-state index contributed by atoms with van der Waals surface area (Å²) in [5, 5.41) is 0. The van der Waals surface area contributed by atoms with Crippen molar-refractivity contribution in [2.45, 2.75) is 20.5 Å². The Morgan fingerprint density at radius 3 is 2.50 bits per heavy atom. The highest BCUT2D eigenvalue weighted by Gasteiger charge is 2.11. The fourth-order valence-electron chi connectivity index (χ4n) is 3.68. The van der Waals surface area contributed by atoms with Crippen molar-refractivity contribution in [2.75, 3.05) is 37.8 Å². The number of anilines is 1.